The topological polar surface area (TPSA) is 29.0 Å². The summed E-state index contributed by atoms with van der Waals surface area (Å²) < 4.78 is 13.1. The monoisotopic (exact) mass is 361 g/mol. The van der Waals surface area contributed by atoms with Crippen LogP contribution < -0.4 is 0 Å². The van der Waals surface area contributed by atoms with Crippen molar-refractivity contribution in [1.82, 2.24) is 14.9 Å². The average Bonchev–Trinajstić information content (AvgIpc) is 2.71. The Kier molecular flexibility index (Phi) is 5.54. The Labute approximate surface area is 159 Å². The summed E-state index contributed by atoms with van der Waals surface area (Å²) >= 11 is 0. The molecular formula is C23H24FN3. The first-order valence-electron chi connectivity index (χ1n) is 9.58. The van der Waals surface area contributed by atoms with E-state index >= 15 is 0 Å². The Bertz CT molecular complexity index is 864. The average molecular weight is 361 g/mol. The molecule has 1 aliphatic rings. The molecule has 0 bridgehead atoms. The van der Waals surface area contributed by atoms with E-state index in [0.29, 0.717) is 5.92 Å². The molecule has 3 aromatic rings. The van der Waals surface area contributed by atoms with Crippen molar-refractivity contribution < 1.29 is 4.39 Å². The summed E-state index contributed by atoms with van der Waals surface area (Å²) in [5, 5.41) is 0. The fourth-order valence-corrected chi connectivity index (χ4v) is 3.82. The van der Waals surface area contributed by atoms with E-state index < -0.39 is 0 Å². The van der Waals surface area contributed by atoms with E-state index in [9.17, 15) is 4.39 Å². The molecule has 0 N–H and O–H groups in total. The predicted molar refractivity (Wildman–Crippen MR) is 105 cm³/mol. The van der Waals surface area contributed by atoms with Crippen molar-refractivity contribution in [2.75, 3.05) is 13.1 Å². The Balaban J connectivity index is 1.43. The van der Waals surface area contributed by atoms with Gasteiger partial charge in [-0.1, -0.05) is 18.2 Å². The molecule has 1 atom stereocenters. The highest BCUT2D eigenvalue weighted by atomic mass is 19.1. The maximum Gasteiger partial charge on any atom is 0.123 e. The minimum absolute atomic E-state index is 0.197. The smallest absolute Gasteiger partial charge is 0.123 e. The first kappa shape index (κ1) is 17.8. The lowest BCUT2D eigenvalue weighted by Gasteiger charge is -2.32. The van der Waals surface area contributed by atoms with Crippen LogP contribution in [-0.4, -0.2) is 28.0 Å². The molecule has 27 heavy (non-hydrogen) atoms. The zero-order valence-electron chi connectivity index (χ0n) is 15.4. The van der Waals surface area contributed by atoms with Gasteiger partial charge in [0.2, 0.25) is 0 Å². The highest BCUT2D eigenvalue weighted by molar-refractivity contribution is 5.24. The van der Waals surface area contributed by atoms with Gasteiger partial charge in [0.15, 0.2) is 0 Å². The van der Waals surface area contributed by atoms with Gasteiger partial charge in [0.1, 0.15) is 5.82 Å². The molecule has 0 aliphatic carbocycles. The fourth-order valence-electron chi connectivity index (χ4n) is 3.82. The summed E-state index contributed by atoms with van der Waals surface area (Å²) in [6.45, 7) is 3.14. The lowest BCUT2D eigenvalue weighted by atomic mass is 9.93. The fraction of sp³-hybridized carbons (Fsp3) is 0.304. The largest absolute Gasteiger partial charge is 0.298 e. The van der Waals surface area contributed by atoms with Crippen molar-refractivity contribution >= 4 is 0 Å². The molecule has 4 rings (SSSR count). The summed E-state index contributed by atoms with van der Waals surface area (Å²) in [5.41, 5.74) is 4.62. The second kappa shape index (κ2) is 8.40. The van der Waals surface area contributed by atoms with Gasteiger partial charge in [-0.2, -0.15) is 0 Å². The molecule has 1 aliphatic heterocycles. The second-order valence-corrected chi connectivity index (χ2v) is 7.29. The van der Waals surface area contributed by atoms with Gasteiger partial charge in [-0.25, -0.2) is 4.39 Å². The van der Waals surface area contributed by atoms with E-state index in [1.807, 2.05) is 24.5 Å². The number of nitrogens with zero attached hydrogens (tertiary/aromatic N) is 3. The van der Waals surface area contributed by atoms with E-state index in [1.54, 1.807) is 0 Å². The summed E-state index contributed by atoms with van der Waals surface area (Å²) in [4.78, 5) is 11.5. The van der Waals surface area contributed by atoms with Gasteiger partial charge in [0.05, 0.1) is 0 Å². The van der Waals surface area contributed by atoms with Crippen LogP contribution in [-0.2, 0) is 13.0 Å². The number of rotatable bonds is 5. The van der Waals surface area contributed by atoms with Gasteiger partial charge in [-0.05, 0) is 66.9 Å². The molecule has 4 heteroatoms. The first-order chi connectivity index (χ1) is 13.3. The lowest BCUT2D eigenvalue weighted by molar-refractivity contribution is 0.198. The number of benzene rings is 1. The number of likely N-dealkylation sites (tertiary alicyclic amines) is 1. The molecule has 138 valence electrons. The normalized spacial score (nSPS) is 17.7. The second-order valence-electron chi connectivity index (χ2n) is 7.29. The molecule has 0 amide bonds. The van der Waals surface area contributed by atoms with E-state index in [2.05, 4.69) is 40.2 Å². The number of pyridine rings is 2. The minimum Gasteiger partial charge on any atom is -0.298 e. The third kappa shape index (κ3) is 4.77. The molecular weight excluding hydrogens is 337 g/mol. The quantitative estimate of drug-likeness (QED) is 0.666. The number of aromatic nitrogens is 2. The molecule has 1 fully saturated rings. The summed E-state index contributed by atoms with van der Waals surface area (Å²) in [5.74, 6) is 0.269. The Morgan fingerprint density at radius 2 is 1.78 bits per heavy atom. The van der Waals surface area contributed by atoms with Gasteiger partial charge in [0, 0.05) is 49.2 Å². The highest BCUT2D eigenvalue weighted by Crippen LogP contribution is 2.27. The zero-order valence-corrected chi connectivity index (χ0v) is 15.4. The third-order valence-electron chi connectivity index (χ3n) is 5.21. The van der Waals surface area contributed by atoms with Crippen LogP contribution in [0, 0.1) is 5.82 Å². The maximum atomic E-state index is 13.1. The standard InChI is InChI=1S/C23H24FN3/c24-21-8-6-18(7-9-21)15-22-4-1-5-23(26-22)20-3-2-14-27(17-20)16-19-10-12-25-13-11-19/h1,4-13,20H,2-3,14-17H2. The zero-order chi connectivity index (χ0) is 18.5. The van der Waals surface area contributed by atoms with Gasteiger partial charge in [-0.15, -0.1) is 0 Å². The molecule has 3 heterocycles. The molecule has 3 nitrogen and oxygen atoms in total. The lowest BCUT2D eigenvalue weighted by Crippen LogP contribution is -2.34. The van der Waals surface area contributed by atoms with Crippen LogP contribution in [0.2, 0.25) is 0 Å². The van der Waals surface area contributed by atoms with Crippen LogP contribution in [0.25, 0.3) is 0 Å². The Morgan fingerprint density at radius 3 is 2.59 bits per heavy atom. The van der Waals surface area contributed by atoms with E-state index in [4.69, 9.17) is 4.98 Å². The van der Waals surface area contributed by atoms with Crippen LogP contribution in [0.1, 0.15) is 41.3 Å². The van der Waals surface area contributed by atoms with Gasteiger partial charge < -0.3 is 0 Å². The molecule has 2 aromatic heterocycles. The molecule has 1 unspecified atom stereocenters. The summed E-state index contributed by atoms with van der Waals surface area (Å²) in [6, 6.07) is 17.2. The molecule has 1 aromatic carbocycles. The van der Waals surface area contributed by atoms with Crippen LogP contribution in [0.15, 0.2) is 67.0 Å². The van der Waals surface area contributed by atoms with Crippen molar-refractivity contribution in [3.63, 3.8) is 0 Å². The van der Waals surface area contributed by atoms with Crippen molar-refractivity contribution in [2.24, 2.45) is 0 Å². The van der Waals surface area contributed by atoms with E-state index in [-0.39, 0.29) is 5.82 Å². The van der Waals surface area contributed by atoms with Crippen LogP contribution >= 0.6 is 0 Å². The molecule has 0 saturated carbocycles. The van der Waals surface area contributed by atoms with Gasteiger partial charge >= 0.3 is 0 Å². The molecule has 1 saturated heterocycles. The predicted octanol–water partition coefficient (Wildman–Crippen LogP) is 4.59. The third-order valence-corrected chi connectivity index (χ3v) is 5.21. The Hall–Kier alpha value is -2.59. The van der Waals surface area contributed by atoms with Crippen LogP contribution in [0.3, 0.4) is 0 Å². The minimum atomic E-state index is -0.197. The summed E-state index contributed by atoms with van der Waals surface area (Å²) in [6.07, 6.45) is 6.83. The van der Waals surface area contributed by atoms with Gasteiger partial charge in [-0.3, -0.25) is 14.9 Å². The number of hydrogen-bond acceptors (Lipinski definition) is 3. The van der Waals surface area contributed by atoms with Crippen molar-refractivity contribution in [2.45, 2.75) is 31.7 Å². The molecule has 0 radical (unpaired) electrons. The van der Waals surface area contributed by atoms with Crippen molar-refractivity contribution in [1.29, 1.82) is 0 Å². The number of halogens is 1. The number of piperidine rings is 1. The number of hydrogen-bond donors (Lipinski definition) is 0. The van der Waals surface area contributed by atoms with Crippen LogP contribution in [0.5, 0.6) is 0 Å². The van der Waals surface area contributed by atoms with Crippen molar-refractivity contribution in [3.8, 4) is 0 Å². The van der Waals surface area contributed by atoms with E-state index in [1.165, 1.54) is 36.2 Å². The first-order valence-corrected chi connectivity index (χ1v) is 9.58. The SMILES string of the molecule is Fc1ccc(Cc2cccc(C3CCCN(Cc4ccncc4)C3)n2)cc1. The van der Waals surface area contributed by atoms with Crippen LogP contribution in [0.4, 0.5) is 4.39 Å². The maximum absolute atomic E-state index is 13.1. The highest BCUT2D eigenvalue weighted by Gasteiger charge is 2.22. The van der Waals surface area contributed by atoms with Gasteiger partial charge in [0.25, 0.3) is 0 Å². The molecule has 0 spiro atoms. The van der Waals surface area contributed by atoms with Crippen molar-refractivity contribution in [3.05, 3.63) is 95.3 Å². The van der Waals surface area contributed by atoms with E-state index in [0.717, 1.165) is 37.3 Å². The Morgan fingerprint density at radius 1 is 0.963 bits per heavy atom. The summed E-state index contributed by atoms with van der Waals surface area (Å²) in [7, 11) is 0.